The average molecular weight is 353 g/mol. The second kappa shape index (κ2) is 6.52. The minimum atomic E-state index is -3.99. The van der Waals surface area contributed by atoms with Crippen LogP contribution in [-0.4, -0.2) is 33.7 Å². The SMILES string of the molecule is Cc1c(Cl)cc(C(=O)OCC2CCCO2)cc1S(=O)(=O)Cl. The number of hydrogen-bond acceptors (Lipinski definition) is 5. The molecular weight excluding hydrogens is 339 g/mol. The molecule has 1 aliphatic rings. The zero-order valence-corrected chi connectivity index (χ0v) is 13.6. The summed E-state index contributed by atoms with van der Waals surface area (Å²) in [4.78, 5) is 11.8. The third-order valence-corrected chi connectivity index (χ3v) is 5.06. The fourth-order valence-electron chi connectivity index (χ4n) is 2.05. The lowest BCUT2D eigenvalue weighted by molar-refractivity contribution is 0.0161. The molecule has 1 atom stereocenters. The van der Waals surface area contributed by atoms with Gasteiger partial charge in [-0.2, -0.15) is 0 Å². The van der Waals surface area contributed by atoms with Crippen LogP contribution in [0.1, 0.15) is 28.8 Å². The quantitative estimate of drug-likeness (QED) is 0.615. The van der Waals surface area contributed by atoms with E-state index in [-0.39, 0.29) is 28.2 Å². The molecule has 21 heavy (non-hydrogen) atoms. The number of ether oxygens (including phenoxy) is 2. The first-order chi connectivity index (χ1) is 9.79. The highest BCUT2D eigenvalue weighted by atomic mass is 35.7. The fraction of sp³-hybridized carbons (Fsp3) is 0.462. The molecule has 1 aromatic carbocycles. The van der Waals surface area contributed by atoms with Crippen molar-refractivity contribution in [1.82, 2.24) is 0 Å². The molecule has 1 aromatic rings. The highest BCUT2D eigenvalue weighted by molar-refractivity contribution is 8.13. The minimum Gasteiger partial charge on any atom is -0.459 e. The molecule has 1 fully saturated rings. The standard InChI is InChI=1S/C13H14Cl2O5S/c1-8-11(14)5-9(6-12(8)21(15,17)18)13(16)20-7-10-3-2-4-19-10/h5-6,10H,2-4,7H2,1H3. The number of halogens is 2. The first-order valence-electron chi connectivity index (χ1n) is 6.32. The summed E-state index contributed by atoms with van der Waals surface area (Å²) in [6, 6.07) is 2.53. The number of benzene rings is 1. The van der Waals surface area contributed by atoms with Gasteiger partial charge in [-0.05, 0) is 37.5 Å². The van der Waals surface area contributed by atoms with Gasteiger partial charge in [-0.1, -0.05) is 11.6 Å². The van der Waals surface area contributed by atoms with Gasteiger partial charge >= 0.3 is 5.97 Å². The van der Waals surface area contributed by atoms with Crippen molar-refractivity contribution in [3.8, 4) is 0 Å². The van der Waals surface area contributed by atoms with Crippen LogP contribution >= 0.6 is 22.3 Å². The summed E-state index contributed by atoms with van der Waals surface area (Å²) in [6.45, 7) is 2.31. The molecule has 5 nitrogen and oxygen atoms in total. The van der Waals surface area contributed by atoms with Crippen molar-refractivity contribution in [3.05, 3.63) is 28.3 Å². The summed E-state index contributed by atoms with van der Waals surface area (Å²) < 4.78 is 33.4. The van der Waals surface area contributed by atoms with Gasteiger partial charge in [-0.3, -0.25) is 0 Å². The molecule has 1 unspecified atom stereocenters. The normalized spacial score (nSPS) is 18.7. The second-order valence-corrected chi connectivity index (χ2v) is 7.69. The van der Waals surface area contributed by atoms with Crippen molar-refractivity contribution in [1.29, 1.82) is 0 Å². The Morgan fingerprint density at radius 3 is 2.76 bits per heavy atom. The lowest BCUT2D eigenvalue weighted by Gasteiger charge is -2.12. The van der Waals surface area contributed by atoms with Gasteiger partial charge in [0.25, 0.3) is 9.05 Å². The lowest BCUT2D eigenvalue weighted by atomic mass is 10.1. The lowest BCUT2D eigenvalue weighted by Crippen LogP contribution is -2.18. The smallest absolute Gasteiger partial charge is 0.338 e. The van der Waals surface area contributed by atoms with Crippen molar-refractivity contribution < 1.29 is 22.7 Å². The molecule has 0 saturated carbocycles. The minimum absolute atomic E-state index is 0.0443. The van der Waals surface area contributed by atoms with Crippen LogP contribution in [0, 0.1) is 6.92 Å². The molecule has 0 radical (unpaired) electrons. The average Bonchev–Trinajstić information content (AvgIpc) is 2.90. The first kappa shape index (κ1) is 16.5. The third-order valence-electron chi connectivity index (χ3n) is 3.22. The molecule has 1 saturated heterocycles. The number of carbonyl (C=O) groups is 1. The molecule has 0 aromatic heterocycles. The van der Waals surface area contributed by atoms with E-state index in [1.54, 1.807) is 0 Å². The Morgan fingerprint density at radius 1 is 1.48 bits per heavy atom. The van der Waals surface area contributed by atoms with E-state index in [9.17, 15) is 13.2 Å². The van der Waals surface area contributed by atoms with Crippen molar-refractivity contribution in [2.75, 3.05) is 13.2 Å². The van der Waals surface area contributed by atoms with Gasteiger partial charge < -0.3 is 9.47 Å². The van der Waals surface area contributed by atoms with Crippen LogP contribution in [-0.2, 0) is 18.5 Å². The summed E-state index contributed by atoms with van der Waals surface area (Å²) >= 11 is 5.94. The van der Waals surface area contributed by atoms with Crippen molar-refractivity contribution >= 4 is 37.3 Å². The van der Waals surface area contributed by atoms with E-state index in [4.69, 9.17) is 31.8 Å². The summed E-state index contributed by atoms with van der Waals surface area (Å²) in [5.74, 6) is -0.658. The van der Waals surface area contributed by atoms with Gasteiger partial charge in [-0.25, -0.2) is 13.2 Å². The predicted molar refractivity (Wildman–Crippen MR) is 78.5 cm³/mol. The van der Waals surface area contributed by atoms with Gasteiger partial charge in [0.05, 0.1) is 16.6 Å². The fourth-order valence-corrected chi connectivity index (χ4v) is 3.55. The summed E-state index contributed by atoms with van der Waals surface area (Å²) in [5, 5.41) is 0.140. The molecule has 0 bridgehead atoms. The molecule has 116 valence electrons. The maximum absolute atomic E-state index is 12.0. The van der Waals surface area contributed by atoms with E-state index in [2.05, 4.69) is 0 Å². The van der Waals surface area contributed by atoms with Crippen LogP contribution in [0.25, 0.3) is 0 Å². The van der Waals surface area contributed by atoms with Gasteiger partial charge in [0.15, 0.2) is 0 Å². The van der Waals surface area contributed by atoms with E-state index in [1.807, 2.05) is 0 Å². The van der Waals surface area contributed by atoms with E-state index >= 15 is 0 Å². The second-order valence-electron chi connectivity index (χ2n) is 4.75. The first-order valence-corrected chi connectivity index (χ1v) is 9.01. The van der Waals surface area contributed by atoms with Crippen molar-refractivity contribution in [2.45, 2.75) is 30.8 Å². The number of hydrogen-bond donors (Lipinski definition) is 0. The van der Waals surface area contributed by atoms with E-state index in [1.165, 1.54) is 19.1 Å². The van der Waals surface area contributed by atoms with E-state index < -0.39 is 15.0 Å². The van der Waals surface area contributed by atoms with Crippen LogP contribution in [0.4, 0.5) is 0 Å². The number of rotatable bonds is 4. The van der Waals surface area contributed by atoms with Gasteiger partial charge in [-0.15, -0.1) is 0 Å². The largest absolute Gasteiger partial charge is 0.459 e. The monoisotopic (exact) mass is 352 g/mol. The Balaban J connectivity index is 2.19. The third kappa shape index (κ3) is 4.10. The zero-order chi connectivity index (χ0) is 15.6. The molecule has 0 N–H and O–H groups in total. The van der Waals surface area contributed by atoms with E-state index in [0.717, 1.165) is 12.8 Å². The van der Waals surface area contributed by atoms with E-state index in [0.29, 0.717) is 12.2 Å². The summed E-state index contributed by atoms with van der Waals surface area (Å²) in [5.41, 5.74) is 0.338. The maximum atomic E-state index is 12.0. The molecule has 0 aliphatic carbocycles. The Labute approximate surface area is 132 Å². The highest BCUT2D eigenvalue weighted by Gasteiger charge is 2.22. The molecule has 1 aliphatic heterocycles. The summed E-state index contributed by atoms with van der Waals surface area (Å²) in [6.07, 6.45) is 1.67. The number of carbonyl (C=O) groups excluding carboxylic acids is 1. The molecule has 0 amide bonds. The van der Waals surface area contributed by atoms with Gasteiger partial charge in [0.1, 0.15) is 6.61 Å². The van der Waals surface area contributed by atoms with Gasteiger partial charge in [0, 0.05) is 22.3 Å². The molecule has 2 rings (SSSR count). The Morgan fingerprint density at radius 2 is 2.19 bits per heavy atom. The number of esters is 1. The topological polar surface area (TPSA) is 69.7 Å². The van der Waals surface area contributed by atoms with Crippen molar-refractivity contribution in [3.63, 3.8) is 0 Å². The van der Waals surface area contributed by atoms with Crippen LogP contribution in [0.15, 0.2) is 17.0 Å². The molecule has 0 spiro atoms. The maximum Gasteiger partial charge on any atom is 0.338 e. The van der Waals surface area contributed by atoms with Crippen LogP contribution in [0.2, 0.25) is 5.02 Å². The molecule has 1 heterocycles. The zero-order valence-electron chi connectivity index (χ0n) is 11.3. The van der Waals surface area contributed by atoms with Crippen LogP contribution < -0.4 is 0 Å². The van der Waals surface area contributed by atoms with Crippen molar-refractivity contribution in [2.24, 2.45) is 0 Å². The van der Waals surface area contributed by atoms with Crippen LogP contribution in [0.5, 0.6) is 0 Å². The summed E-state index contributed by atoms with van der Waals surface area (Å²) in [7, 11) is 1.35. The predicted octanol–water partition coefficient (Wildman–Crippen LogP) is 2.91. The van der Waals surface area contributed by atoms with Gasteiger partial charge in [0.2, 0.25) is 0 Å². The van der Waals surface area contributed by atoms with Crippen LogP contribution in [0.3, 0.4) is 0 Å². The Hall–Kier alpha value is -0.820. The molecule has 8 heteroatoms. The molecular formula is C13H14Cl2O5S. The Bertz CT molecular complexity index is 651. The Kier molecular flexibility index (Phi) is 5.14. The highest BCUT2D eigenvalue weighted by Crippen LogP contribution is 2.28.